The lowest BCUT2D eigenvalue weighted by atomic mass is 9.92. The van der Waals surface area contributed by atoms with Crippen LogP contribution in [0.3, 0.4) is 0 Å². The maximum Gasteiger partial charge on any atom is 0.132 e. The van der Waals surface area contributed by atoms with Crippen molar-refractivity contribution in [2.75, 3.05) is 18.0 Å². The smallest absolute Gasteiger partial charge is 0.132 e. The van der Waals surface area contributed by atoms with Crippen molar-refractivity contribution in [2.45, 2.75) is 46.5 Å². The Labute approximate surface area is 104 Å². The summed E-state index contributed by atoms with van der Waals surface area (Å²) in [5.74, 6) is 2.08. The first-order valence-electron chi connectivity index (χ1n) is 6.61. The van der Waals surface area contributed by atoms with Gasteiger partial charge in [0, 0.05) is 25.7 Å². The SMILES string of the molecule is CC(C)(C)Cc1nccc(N2CCCCC2)n1. The topological polar surface area (TPSA) is 29.0 Å². The van der Waals surface area contributed by atoms with Crippen LogP contribution in [0.15, 0.2) is 12.3 Å². The van der Waals surface area contributed by atoms with Gasteiger partial charge in [-0.15, -0.1) is 0 Å². The summed E-state index contributed by atoms with van der Waals surface area (Å²) in [4.78, 5) is 11.5. The highest BCUT2D eigenvalue weighted by Crippen LogP contribution is 2.21. The van der Waals surface area contributed by atoms with Crippen molar-refractivity contribution in [1.29, 1.82) is 0 Å². The fraction of sp³-hybridized carbons (Fsp3) is 0.714. The van der Waals surface area contributed by atoms with Gasteiger partial charge < -0.3 is 4.90 Å². The molecule has 0 aliphatic carbocycles. The van der Waals surface area contributed by atoms with E-state index in [2.05, 4.69) is 30.7 Å². The zero-order valence-electron chi connectivity index (χ0n) is 11.2. The molecule has 17 heavy (non-hydrogen) atoms. The van der Waals surface area contributed by atoms with Gasteiger partial charge in [0.25, 0.3) is 0 Å². The third kappa shape index (κ3) is 3.69. The Morgan fingerprint density at radius 1 is 1.18 bits per heavy atom. The van der Waals surface area contributed by atoms with Gasteiger partial charge in [-0.05, 0) is 30.7 Å². The van der Waals surface area contributed by atoms with Gasteiger partial charge in [-0.1, -0.05) is 20.8 Å². The standard InChI is InChI=1S/C14H23N3/c1-14(2,3)11-12-15-8-7-13(16-12)17-9-5-4-6-10-17/h7-8H,4-6,9-11H2,1-3H3. The van der Waals surface area contributed by atoms with E-state index in [1.54, 1.807) is 0 Å². The van der Waals surface area contributed by atoms with Crippen LogP contribution in [0.4, 0.5) is 5.82 Å². The van der Waals surface area contributed by atoms with Gasteiger partial charge in [-0.25, -0.2) is 9.97 Å². The number of rotatable bonds is 2. The van der Waals surface area contributed by atoms with Crippen LogP contribution in [0.2, 0.25) is 0 Å². The van der Waals surface area contributed by atoms with E-state index in [1.165, 1.54) is 19.3 Å². The molecule has 0 amide bonds. The average molecular weight is 233 g/mol. The summed E-state index contributed by atoms with van der Waals surface area (Å²) in [5, 5.41) is 0. The first-order chi connectivity index (χ1) is 8.04. The van der Waals surface area contributed by atoms with Gasteiger partial charge >= 0.3 is 0 Å². The summed E-state index contributed by atoms with van der Waals surface area (Å²) in [6.45, 7) is 8.97. The lowest BCUT2D eigenvalue weighted by Crippen LogP contribution is -2.30. The van der Waals surface area contributed by atoms with Gasteiger partial charge in [-0.3, -0.25) is 0 Å². The Hall–Kier alpha value is -1.12. The van der Waals surface area contributed by atoms with Gasteiger partial charge in [0.2, 0.25) is 0 Å². The Kier molecular flexibility index (Phi) is 3.65. The number of piperidine rings is 1. The third-order valence-electron chi connectivity index (χ3n) is 3.06. The molecule has 1 fully saturated rings. The number of aromatic nitrogens is 2. The summed E-state index contributed by atoms with van der Waals surface area (Å²) in [6.07, 6.45) is 6.78. The molecule has 3 heteroatoms. The lowest BCUT2D eigenvalue weighted by molar-refractivity contribution is 0.400. The van der Waals surface area contributed by atoms with Crippen LogP contribution in [-0.4, -0.2) is 23.1 Å². The van der Waals surface area contributed by atoms with E-state index in [0.29, 0.717) is 0 Å². The molecular formula is C14H23N3. The van der Waals surface area contributed by atoms with Crippen LogP contribution < -0.4 is 4.90 Å². The Balaban J connectivity index is 2.10. The zero-order valence-corrected chi connectivity index (χ0v) is 11.2. The number of anilines is 1. The maximum absolute atomic E-state index is 4.70. The Morgan fingerprint density at radius 3 is 2.53 bits per heavy atom. The molecule has 0 N–H and O–H groups in total. The van der Waals surface area contributed by atoms with Crippen LogP contribution in [0.5, 0.6) is 0 Å². The molecule has 0 aromatic carbocycles. The fourth-order valence-corrected chi connectivity index (χ4v) is 2.25. The summed E-state index contributed by atoms with van der Waals surface area (Å²) in [6, 6.07) is 2.04. The summed E-state index contributed by atoms with van der Waals surface area (Å²) in [7, 11) is 0. The van der Waals surface area contributed by atoms with Crippen LogP contribution >= 0.6 is 0 Å². The van der Waals surface area contributed by atoms with Crippen LogP contribution in [0.1, 0.15) is 45.9 Å². The highest BCUT2D eigenvalue weighted by atomic mass is 15.2. The van der Waals surface area contributed by atoms with Crippen molar-refractivity contribution >= 4 is 5.82 Å². The number of hydrogen-bond acceptors (Lipinski definition) is 3. The molecule has 2 heterocycles. The molecule has 0 unspecified atom stereocenters. The van der Waals surface area contributed by atoms with Crippen molar-refractivity contribution < 1.29 is 0 Å². The predicted molar refractivity (Wildman–Crippen MR) is 71.3 cm³/mol. The number of hydrogen-bond donors (Lipinski definition) is 0. The monoisotopic (exact) mass is 233 g/mol. The van der Waals surface area contributed by atoms with E-state index in [0.717, 1.165) is 31.2 Å². The quantitative estimate of drug-likeness (QED) is 0.786. The largest absolute Gasteiger partial charge is 0.357 e. The van der Waals surface area contributed by atoms with Crippen LogP contribution in [0.25, 0.3) is 0 Å². The minimum Gasteiger partial charge on any atom is -0.357 e. The van der Waals surface area contributed by atoms with E-state index in [9.17, 15) is 0 Å². The minimum atomic E-state index is 0.251. The molecule has 1 aromatic heterocycles. The van der Waals surface area contributed by atoms with Gasteiger partial charge in [0.15, 0.2) is 0 Å². The second kappa shape index (κ2) is 5.03. The van der Waals surface area contributed by atoms with E-state index in [1.807, 2.05) is 12.3 Å². The van der Waals surface area contributed by atoms with Crippen molar-refractivity contribution in [3.8, 4) is 0 Å². The van der Waals surface area contributed by atoms with Crippen LogP contribution in [0, 0.1) is 5.41 Å². The van der Waals surface area contributed by atoms with Crippen molar-refractivity contribution in [2.24, 2.45) is 5.41 Å². The van der Waals surface area contributed by atoms with E-state index >= 15 is 0 Å². The Morgan fingerprint density at radius 2 is 1.88 bits per heavy atom. The molecule has 2 rings (SSSR count). The fourth-order valence-electron chi connectivity index (χ4n) is 2.25. The molecule has 0 bridgehead atoms. The van der Waals surface area contributed by atoms with Crippen molar-refractivity contribution in [1.82, 2.24) is 9.97 Å². The average Bonchev–Trinajstić information content (AvgIpc) is 2.28. The zero-order chi connectivity index (χ0) is 12.3. The van der Waals surface area contributed by atoms with Crippen LogP contribution in [-0.2, 0) is 6.42 Å². The summed E-state index contributed by atoms with van der Waals surface area (Å²) < 4.78 is 0. The molecule has 94 valence electrons. The molecule has 3 nitrogen and oxygen atoms in total. The second-order valence-electron chi connectivity index (χ2n) is 6.12. The summed E-state index contributed by atoms with van der Waals surface area (Å²) in [5.41, 5.74) is 0.251. The van der Waals surface area contributed by atoms with E-state index in [-0.39, 0.29) is 5.41 Å². The van der Waals surface area contributed by atoms with Gasteiger partial charge in [0.05, 0.1) is 0 Å². The highest BCUT2D eigenvalue weighted by Gasteiger charge is 2.16. The highest BCUT2D eigenvalue weighted by molar-refractivity contribution is 5.37. The molecule has 1 aliphatic rings. The first kappa shape index (κ1) is 12.3. The lowest BCUT2D eigenvalue weighted by Gasteiger charge is -2.28. The van der Waals surface area contributed by atoms with Crippen molar-refractivity contribution in [3.63, 3.8) is 0 Å². The van der Waals surface area contributed by atoms with E-state index in [4.69, 9.17) is 4.98 Å². The maximum atomic E-state index is 4.70. The first-order valence-corrected chi connectivity index (χ1v) is 6.61. The van der Waals surface area contributed by atoms with Gasteiger partial charge in [-0.2, -0.15) is 0 Å². The normalized spacial score (nSPS) is 17.2. The minimum absolute atomic E-state index is 0.251. The van der Waals surface area contributed by atoms with E-state index < -0.39 is 0 Å². The molecule has 1 aliphatic heterocycles. The molecule has 1 saturated heterocycles. The van der Waals surface area contributed by atoms with Crippen molar-refractivity contribution in [3.05, 3.63) is 18.1 Å². The molecule has 0 saturated carbocycles. The molecule has 1 aromatic rings. The summed E-state index contributed by atoms with van der Waals surface area (Å²) >= 11 is 0. The van der Waals surface area contributed by atoms with Gasteiger partial charge in [0.1, 0.15) is 11.6 Å². The predicted octanol–water partition coefficient (Wildman–Crippen LogP) is 3.06. The molecule has 0 spiro atoms. The Bertz CT molecular complexity index is 362. The molecule has 0 atom stereocenters. The second-order valence-corrected chi connectivity index (χ2v) is 6.12. The third-order valence-corrected chi connectivity index (χ3v) is 3.06. The molecule has 0 radical (unpaired) electrons. The number of nitrogens with zero attached hydrogens (tertiary/aromatic N) is 3. The molecular weight excluding hydrogens is 210 g/mol.